The van der Waals surface area contributed by atoms with Crippen LogP contribution in [-0.2, 0) is 15.6 Å². The highest BCUT2D eigenvalue weighted by molar-refractivity contribution is 8.04. The van der Waals surface area contributed by atoms with Crippen LogP contribution in [0.2, 0.25) is 0 Å². The normalized spacial score (nSPS) is 12.0. The van der Waals surface area contributed by atoms with Crippen LogP contribution in [0.4, 0.5) is 10.1 Å². The first-order valence-corrected chi connectivity index (χ1v) is 12.9. The Balaban J connectivity index is 2.03. The predicted molar refractivity (Wildman–Crippen MR) is 126 cm³/mol. The third-order valence-electron chi connectivity index (χ3n) is 4.25. The van der Waals surface area contributed by atoms with Crippen molar-refractivity contribution in [3.05, 3.63) is 100 Å². The maximum atomic E-state index is 13.2. The van der Waals surface area contributed by atoms with E-state index in [2.05, 4.69) is 5.32 Å². The zero-order chi connectivity index (χ0) is 22.3. The van der Waals surface area contributed by atoms with Gasteiger partial charge in [0.25, 0.3) is 0 Å². The summed E-state index contributed by atoms with van der Waals surface area (Å²) in [6, 6.07) is 23.2. The molecule has 0 saturated carbocycles. The monoisotopic (exact) mass is 470 g/mol. The first-order valence-electron chi connectivity index (χ1n) is 9.17. The number of hydrogen-bond donors (Lipinski definition) is 1. The van der Waals surface area contributed by atoms with E-state index < -0.39 is 9.84 Å². The van der Waals surface area contributed by atoms with Gasteiger partial charge in [-0.25, -0.2) is 12.8 Å². The van der Waals surface area contributed by atoms with Crippen molar-refractivity contribution in [3.8, 4) is 6.07 Å². The van der Waals surface area contributed by atoms with Gasteiger partial charge in [-0.3, -0.25) is 0 Å². The topological polar surface area (TPSA) is 70.0 Å². The van der Waals surface area contributed by atoms with Gasteiger partial charge in [0.05, 0.1) is 4.90 Å². The summed E-state index contributed by atoms with van der Waals surface area (Å²) in [6.45, 7) is 0. The lowest BCUT2D eigenvalue weighted by atomic mass is 10.2. The van der Waals surface area contributed by atoms with E-state index in [0.717, 1.165) is 10.5 Å². The van der Waals surface area contributed by atoms with Gasteiger partial charge in [-0.05, 0) is 54.3 Å². The zero-order valence-electron chi connectivity index (χ0n) is 16.6. The lowest BCUT2D eigenvalue weighted by molar-refractivity contribution is 0.603. The number of hydrogen-bond acceptors (Lipinski definition) is 6. The molecule has 1 N–H and O–H groups in total. The molecule has 0 amide bonds. The van der Waals surface area contributed by atoms with Crippen molar-refractivity contribution in [2.24, 2.45) is 0 Å². The molecule has 158 valence electrons. The molecule has 31 heavy (non-hydrogen) atoms. The second-order valence-electron chi connectivity index (χ2n) is 6.36. The van der Waals surface area contributed by atoms with Crippen molar-refractivity contribution in [3.63, 3.8) is 0 Å². The molecule has 0 atom stereocenters. The largest absolute Gasteiger partial charge is 0.349 e. The van der Waals surface area contributed by atoms with Gasteiger partial charge in [-0.2, -0.15) is 5.26 Å². The fraction of sp³-hybridized carbons (Fsp3) is 0.0870. The van der Waals surface area contributed by atoms with E-state index in [1.165, 1.54) is 36.0 Å². The summed E-state index contributed by atoms with van der Waals surface area (Å²) in [4.78, 5) is 0.684. The van der Waals surface area contributed by atoms with Crippen LogP contribution >= 0.6 is 23.5 Å². The van der Waals surface area contributed by atoms with Crippen LogP contribution in [-0.4, -0.2) is 14.7 Å². The molecule has 0 fully saturated rings. The standard InChI is InChI=1S/C23H19FN2O2S3/c1-29-20-7-5-6-19(14-20)26-23(30-16-17-10-12-18(24)13-11-17)22(15-25)31(27,28)21-8-3-2-4-9-21/h2-14,26H,16H2,1H3. The van der Waals surface area contributed by atoms with E-state index >= 15 is 0 Å². The number of sulfone groups is 1. The molecule has 0 aliphatic heterocycles. The molecule has 0 aromatic heterocycles. The average molecular weight is 471 g/mol. The summed E-state index contributed by atoms with van der Waals surface area (Å²) in [6.07, 6.45) is 1.94. The van der Waals surface area contributed by atoms with Gasteiger partial charge in [0.1, 0.15) is 16.9 Å². The number of thioether (sulfide) groups is 2. The molecule has 4 nitrogen and oxygen atoms in total. The molecular formula is C23H19FN2O2S3. The highest BCUT2D eigenvalue weighted by atomic mass is 32.2. The highest BCUT2D eigenvalue weighted by Crippen LogP contribution is 2.32. The maximum Gasteiger partial charge on any atom is 0.219 e. The minimum Gasteiger partial charge on any atom is -0.349 e. The number of benzene rings is 3. The third-order valence-corrected chi connectivity index (χ3v) is 7.91. The Morgan fingerprint density at radius 1 is 1.03 bits per heavy atom. The van der Waals surface area contributed by atoms with E-state index in [1.807, 2.05) is 36.6 Å². The second-order valence-corrected chi connectivity index (χ2v) is 10.1. The zero-order valence-corrected chi connectivity index (χ0v) is 19.0. The van der Waals surface area contributed by atoms with E-state index in [4.69, 9.17) is 0 Å². The molecule has 8 heteroatoms. The lowest BCUT2D eigenvalue weighted by Crippen LogP contribution is -2.10. The molecule has 0 aliphatic carbocycles. The van der Waals surface area contributed by atoms with Gasteiger partial charge >= 0.3 is 0 Å². The van der Waals surface area contributed by atoms with Crippen LogP contribution in [0.15, 0.2) is 98.6 Å². The van der Waals surface area contributed by atoms with E-state index in [0.29, 0.717) is 11.4 Å². The van der Waals surface area contributed by atoms with Crippen molar-refractivity contribution in [1.29, 1.82) is 5.26 Å². The fourth-order valence-corrected chi connectivity index (χ4v) is 5.68. The molecular weight excluding hydrogens is 451 g/mol. The number of allylic oxidation sites excluding steroid dienone is 1. The number of halogens is 1. The first-order chi connectivity index (χ1) is 14.9. The molecule has 0 radical (unpaired) electrons. The van der Waals surface area contributed by atoms with Crippen LogP contribution in [0.3, 0.4) is 0 Å². The molecule has 3 aromatic rings. The fourth-order valence-electron chi connectivity index (χ4n) is 2.68. The lowest BCUT2D eigenvalue weighted by Gasteiger charge is -2.14. The summed E-state index contributed by atoms with van der Waals surface area (Å²) in [5, 5.41) is 13.1. The highest BCUT2D eigenvalue weighted by Gasteiger charge is 2.25. The van der Waals surface area contributed by atoms with E-state index in [-0.39, 0.29) is 20.6 Å². The van der Waals surface area contributed by atoms with Crippen LogP contribution in [0.1, 0.15) is 5.56 Å². The third kappa shape index (κ3) is 5.91. The Labute approximate surface area is 190 Å². The Bertz CT molecular complexity index is 1220. The molecule has 0 aliphatic rings. The molecule has 0 spiro atoms. The molecule has 0 saturated heterocycles. The summed E-state index contributed by atoms with van der Waals surface area (Å²) in [7, 11) is -4.03. The number of nitriles is 1. The van der Waals surface area contributed by atoms with Gasteiger partial charge in [0.15, 0.2) is 4.91 Å². The first kappa shape index (κ1) is 22.9. The molecule has 3 aromatic carbocycles. The SMILES string of the molecule is CSc1cccc(NC(SCc2ccc(F)cc2)=C(C#N)S(=O)(=O)c2ccccc2)c1. The Morgan fingerprint density at radius 2 is 1.74 bits per heavy atom. The van der Waals surface area contributed by atoms with Gasteiger partial charge in [-0.1, -0.05) is 36.4 Å². The van der Waals surface area contributed by atoms with Crippen LogP contribution < -0.4 is 5.32 Å². The van der Waals surface area contributed by atoms with Crippen LogP contribution in [0.5, 0.6) is 0 Å². The molecule has 0 heterocycles. The van der Waals surface area contributed by atoms with Gasteiger partial charge < -0.3 is 5.32 Å². The Kier molecular flexibility index (Phi) is 7.80. The Morgan fingerprint density at radius 3 is 2.39 bits per heavy atom. The summed E-state index contributed by atoms with van der Waals surface area (Å²) in [5.74, 6) is 0.0150. The number of nitrogens with one attached hydrogen (secondary N) is 1. The van der Waals surface area contributed by atoms with Gasteiger partial charge in [-0.15, -0.1) is 23.5 Å². The summed E-state index contributed by atoms with van der Waals surface area (Å²) >= 11 is 2.74. The van der Waals surface area contributed by atoms with Gasteiger partial charge in [0.2, 0.25) is 9.84 Å². The molecule has 0 unspecified atom stereocenters. The van der Waals surface area contributed by atoms with Crippen molar-refractivity contribution in [2.45, 2.75) is 15.5 Å². The van der Waals surface area contributed by atoms with Crippen molar-refractivity contribution >= 4 is 39.0 Å². The average Bonchev–Trinajstić information content (AvgIpc) is 2.79. The smallest absolute Gasteiger partial charge is 0.219 e. The number of anilines is 1. The minimum atomic E-state index is -4.03. The maximum absolute atomic E-state index is 13.2. The summed E-state index contributed by atoms with van der Waals surface area (Å²) < 4.78 is 39.6. The number of rotatable bonds is 8. The quantitative estimate of drug-likeness (QED) is 0.319. The number of nitrogens with zero attached hydrogens (tertiary/aromatic N) is 1. The Hall–Kier alpha value is -2.73. The van der Waals surface area contributed by atoms with E-state index in [9.17, 15) is 18.1 Å². The van der Waals surface area contributed by atoms with Gasteiger partial charge in [0, 0.05) is 16.3 Å². The van der Waals surface area contributed by atoms with Crippen molar-refractivity contribution < 1.29 is 12.8 Å². The molecule has 0 bridgehead atoms. The minimum absolute atomic E-state index is 0.0473. The van der Waals surface area contributed by atoms with Crippen molar-refractivity contribution in [1.82, 2.24) is 0 Å². The van der Waals surface area contributed by atoms with Crippen LogP contribution in [0.25, 0.3) is 0 Å². The second kappa shape index (κ2) is 10.5. The van der Waals surface area contributed by atoms with E-state index in [1.54, 1.807) is 42.1 Å². The van der Waals surface area contributed by atoms with Crippen LogP contribution in [0, 0.1) is 17.1 Å². The van der Waals surface area contributed by atoms with Crippen molar-refractivity contribution in [2.75, 3.05) is 11.6 Å². The molecule has 3 rings (SSSR count). The predicted octanol–water partition coefficient (Wildman–Crippen LogP) is 6.06. The summed E-state index contributed by atoms with van der Waals surface area (Å²) in [5.41, 5.74) is 1.47.